The number of anilines is 1. The Morgan fingerprint density at radius 1 is 1.11 bits per heavy atom. The van der Waals surface area contributed by atoms with E-state index in [9.17, 15) is 0 Å². The molecule has 0 aliphatic rings. The molecule has 0 spiro atoms. The van der Waals surface area contributed by atoms with E-state index in [-0.39, 0.29) is 0 Å². The van der Waals surface area contributed by atoms with Gasteiger partial charge in [-0.25, -0.2) is 0 Å². The van der Waals surface area contributed by atoms with E-state index < -0.39 is 0 Å². The van der Waals surface area contributed by atoms with Gasteiger partial charge in [-0.2, -0.15) is 0 Å². The lowest BCUT2D eigenvalue weighted by Gasteiger charge is -2.11. The van der Waals surface area contributed by atoms with Crippen molar-refractivity contribution in [2.24, 2.45) is 0 Å². The zero-order valence-corrected chi connectivity index (χ0v) is 11.4. The van der Waals surface area contributed by atoms with E-state index in [2.05, 4.69) is 30.1 Å². The summed E-state index contributed by atoms with van der Waals surface area (Å²) < 4.78 is 5.14. The number of nitrogens with one attached hydrogen (secondary N) is 1. The number of allylic oxidation sites excluding steroid dienone is 1. The number of methoxy groups -OCH3 is 1. The molecule has 2 nitrogen and oxygen atoms in total. The second-order valence-corrected chi connectivity index (χ2v) is 4.52. The summed E-state index contributed by atoms with van der Waals surface area (Å²) in [6.07, 6.45) is 0. The first-order chi connectivity index (χ1) is 9.20. The van der Waals surface area contributed by atoms with Gasteiger partial charge in [0, 0.05) is 12.2 Å². The Hall–Kier alpha value is -2.22. The first-order valence-corrected chi connectivity index (χ1v) is 6.32. The van der Waals surface area contributed by atoms with Crippen molar-refractivity contribution < 1.29 is 4.74 Å². The lowest BCUT2D eigenvalue weighted by molar-refractivity contribution is 0.415. The van der Waals surface area contributed by atoms with Crippen molar-refractivity contribution in [2.45, 2.75) is 13.5 Å². The maximum atomic E-state index is 5.14. The van der Waals surface area contributed by atoms with Gasteiger partial charge in [0.2, 0.25) is 0 Å². The highest BCUT2D eigenvalue weighted by atomic mass is 16.5. The molecule has 19 heavy (non-hydrogen) atoms. The average molecular weight is 253 g/mol. The topological polar surface area (TPSA) is 21.3 Å². The maximum absolute atomic E-state index is 5.14. The molecule has 0 atom stereocenters. The molecule has 0 bridgehead atoms. The summed E-state index contributed by atoms with van der Waals surface area (Å²) in [5, 5.41) is 3.41. The fourth-order valence-corrected chi connectivity index (χ4v) is 2.00. The van der Waals surface area contributed by atoms with Gasteiger partial charge in [-0.05, 0) is 42.3 Å². The lowest BCUT2D eigenvalue weighted by atomic mass is 10.0. The van der Waals surface area contributed by atoms with Gasteiger partial charge in [0.05, 0.1) is 7.11 Å². The van der Waals surface area contributed by atoms with Crippen LogP contribution in [-0.2, 0) is 6.54 Å². The molecular formula is C17H19NO. The summed E-state index contributed by atoms with van der Waals surface area (Å²) in [6, 6.07) is 16.3. The third-order valence-corrected chi connectivity index (χ3v) is 3.05. The molecular weight excluding hydrogens is 234 g/mol. The fraction of sp³-hybridized carbons (Fsp3) is 0.176. The van der Waals surface area contributed by atoms with Gasteiger partial charge in [-0.15, -0.1) is 0 Å². The summed E-state index contributed by atoms with van der Waals surface area (Å²) >= 11 is 0. The quantitative estimate of drug-likeness (QED) is 0.855. The lowest BCUT2D eigenvalue weighted by Crippen LogP contribution is -2.02. The molecule has 0 fully saturated rings. The Balaban J connectivity index is 2.07. The van der Waals surface area contributed by atoms with Crippen LogP contribution in [-0.4, -0.2) is 7.11 Å². The van der Waals surface area contributed by atoms with Crippen LogP contribution in [0.25, 0.3) is 5.57 Å². The second kappa shape index (κ2) is 6.10. The number of ether oxygens (including phenoxy) is 1. The molecule has 2 heteroatoms. The molecule has 2 aromatic carbocycles. The smallest absolute Gasteiger partial charge is 0.119 e. The molecule has 0 saturated heterocycles. The van der Waals surface area contributed by atoms with Crippen molar-refractivity contribution in [1.82, 2.24) is 0 Å². The highest BCUT2D eigenvalue weighted by Gasteiger charge is 2.02. The number of rotatable bonds is 5. The van der Waals surface area contributed by atoms with Crippen LogP contribution in [0.4, 0.5) is 5.69 Å². The molecule has 0 heterocycles. The molecule has 1 N–H and O–H groups in total. The Labute approximate surface area is 114 Å². The molecule has 0 saturated carbocycles. The number of hydrogen-bond acceptors (Lipinski definition) is 2. The molecule has 0 aromatic heterocycles. The maximum Gasteiger partial charge on any atom is 0.119 e. The molecule has 0 radical (unpaired) electrons. The summed E-state index contributed by atoms with van der Waals surface area (Å²) in [5.41, 5.74) is 4.64. The van der Waals surface area contributed by atoms with Crippen molar-refractivity contribution >= 4 is 11.3 Å². The van der Waals surface area contributed by atoms with E-state index in [0.717, 1.165) is 23.6 Å². The van der Waals surface area contributed by atoms with Crippen molar-refractivity contribution in [3.63, 3.8) is 0 Å². The van der Waals surface area contributed by atoms with E-state index in [1.54, 1.807) is 7.11 Å². The van der Waals surface area contributed by atoms with E-state index >= 15 is 0 Å². The van der Waals surface area contributed by atoms with Gasteiger partial charge < -0.3 is 10.1 Å². The van der Waals surface area contributed by atoms with E-state index in [0.29, 0.717) is 0 Å². The van der Waals surface area contributed by atoms with E-state index in [1.807, 2.05) is 37.3 Å². The van der Waals surface area contributed by atoms with Crippen LogP contribution in [0.3, 0.4) is 0 Å². The summed E-state index contributed by atoms with van der Waals surface area (Å²) in [6.45, 7) is 6.84. The van der Waals surface area contributed by atoms with Gasteiger partial charge >= 0.3 is 0 Å². The summed E-state index contributed by atoms with van der Waals surface area (Å²) in [7, 11) is 1.67. The Kier molecular flexibility index (Phi) is 4.24. The first kappa shape index (κ1) is 13.2. The molecule has 2 rings (SSSR count). The normalized spacial score (nSPS) is 10.0. The van der Waals surface area contributed by atoms with Gasteiger partial charge in [-0.1, -0.05) is 36.4 Å². The van der Waals surface area contributed by atoms with Crippen molar-refractivity contribution in [2.75, 3.05) is 12.4 Å². The fourth-order valence-electron chi connectivity index (χ4n) is 2.00. The predicted octanol–water partition coefficient (Wildman–Crippen LogP) is 4.34. The van der Waals surface area contributed by atoms with Crippen molar-refractivity contribution in [1.29, 1.82) is 0 Å². The van der Waals surface area contributed by atoms with Crippen LogP contribution in [0, 0.1) is 0 Å². The molecule has 0 unspecified atom stereocenters. The Morgan fingerprint density at radius 3 is 2.42 bits per heavy atom. The highest BCUT2D eigenvalue weighted by molar-refractivity contribution is 5.65. The Bertz CT molecular complexity index is 558. The van der Waals surface area contributed by atoms with Crippen LogP contribution < -0.4 is 10.1 Å². The van der Waals surface area contributed by atoms with Gasteiger partial charge in [0.1, 0.15) is 5.75 Å². The van der Waals surface area contributed by atoms with Gasteiger partial charge in [-0.3, -0.25) is 0 Å². The van der Waals surface area contributed by atoms with Crippen LogP contribution in [0.5, 0.6) is 5.75 Å². The van der Waals surface area contributed by atoms with Crippen LogP contribution in [0.15, 0.2) is 55.1 Å². The SMILES string of the molecule is C=C(C)c1ccccc1CNc1ccc(OC)cc1. The molecule has 0 aliphatic heterocycles. The van der Waals surface area contributed by atoms with E-state index in [4.69, 9.17) is 4.74 Å². The summed E-state index contributed by atoms with van der Waals surface area (Å²) in [5.74, 6) is 0.868. The average Bonchev–Trinajstić information content (AvgIpc) is 2.46. The van der Waals surface area contributed by atoms with Crippen molar-refractivity contribution in [3.05, 3.63) is 66.2 Å². The minimum atomic E-state index is 0.787. The first-order valence-electron chi connectivity index (χ1n) is 6.32. The van der Waals surface area contributed by atoms with E-state index in [1.165, 1.54) is 11.1 Å². The standard InChI is InChI=1S/C17H19NO/c1-13(2)17-7-5-4-6-14(17)12-18-15-8-10-16(19-3)11-9-15/h4-11,18H,1,12H2,2-3H3. The summed E-state index contributed by atoms with van der Waals surface area (Å²) in [4.78, 5) is 0. The molecule has 98 valence electrons. The number of benzene rings is 2. The van der Waals surface area contributed by atoms with Crippen LogP contribution >= 0.6 is 0 Å². The van der Waals surface area contributed by atoms with Gasteiger partial charge in [0.15, 0.2) is 0 Å². The largest absolute Gasteiger partial charge is 0.497 e. The monoisotopic (exact) mass is 253 g/mol. The zero-order chi connectivity index (χ0) is 13.7. The van der Waals surface area contributed by atoms with Gasteiger partial charge in [0.25, 0.3) is 0 Å². The highest BCUT2D eigenvalue weighted by Crippen LogP contribution is 2.20. The predicted molar refractivity (Wildman–Crippen MR) is 81.5 cm³/mol. The minimum absolute atomic E-state index is 0.787. The van der Waals surface area contributed by atoms with Crippen LogP contribution in [0.1, 0.15) is 18.1 Å². The third-order valence-electron chi connectivity index (χ3n) is 3.05. The zero-order valence-electron chi connectivity index (χ0n) is 11.4. The second-order valence-electron chi connectivity index (χ2n) is 4.52. The van der Waals surface area contributed by atoms with Crippen molar-refractivity contribution in [3.8, 4) is 5.75 Å². The Morgan fingerprint density at radius 2 is 1.79 bits per heavy atom. The molecule has 0 amide bonds. The number of hydrogen-bond donors (Lipinski definition) is 1. The minimum Gasteiger partial charge on any atom is -0.497 e. The third kappa shape index (κ3) is 3.38. The molecule has 2 aromatic rings. The molecule has 0 aliphatic carbocycles. The van der Waals surface area contributed by atoms with Crippen LogP contribution in [0.2, 0.25) is 0 Å².